The number of nitrogens with one attached hydrogen (secondary N) is 1. The number of hydrogen-bond donors (Lipinski definition) is 2. The minimum absolute atomic E-state index is 0.0300. The summed E-state index contributed by atoms with van der Waals surface area (Å²) in [5.41, 5.74) is -6.07. The van der Waals surface area contributed by atoms with Crippen LogP contribution in [-0.4, -0.2) is 108 Å². The van der Waals surface area contributed by atoms with Gasteiger partial charge in [-0.1, -0.05) is 40.5 Å². The van der Waals surface area contributed by atoms with Crippen molar-refractivity contribution >= 4 is 23.6 Å². The summed E-state index contributed by atoms with van der Waals surface area (Å²) in [7, 11) is 3.74. The van der Waals surface area contributed by atoms with E-state index >= 15 is 4.39 Å². The molecule has 12 heteroatoms. The van der Waals surface area contributed by atoms with Gasteiger partial charge in [0.05, 0.1) is 30.0 Å². The van der Waals surface area contributed by atoms with Crippen molar-refractivity contribution in [3.8, 4) is 11.8 Å². The van der Waals surface area contributed by atoms with Crippen molar-refractivity contribution in [2.24, 2.45) is 23.7 Å². The number of ether oxygens (including phenoxy) is 4. The van der Waals surface area contributed by atoms with Crippen molar-refractivity contribution in [1.82, 2.24) is 10.2 Å². The van der Waals surface area contributed by atoms with Crippen LogP contribution in [0.4, 0.5) is 9.18 Å². The second-order valence-electron chi connectivity index (χ2n) is 14.7. The molecule has 0 aromatic heterocycles. The Labute approximate surface area is 278 Å². The molecule has 0 aromatic carbocycles. The Balaban J connectivity index is 2.20. The molecule has 2 N–H and O–H groups in total. The summed E-state index contributed by atoms with van der Waals surface area (Å²) in [5, 5.41) is 14.2. The minimum Gasteiger partial charge on any atom is -0.455 e. The van der Waals surface area contributed by atoms with Gasteiger partial charge in [0.15, 0.2) is 11.4 Å². The number of alkyl halides is 1. The van der Waals surface area contributed by atoms with E-state index in [1.807, 2.05) is 25.9 Å². The van der Waals surface area contributed by atoms with Crippen LogP contribution >= 0.6 is 0 Å². The lowest BCUT2D eigenvalue weighted by atomic mass is 9.73. The second-order valence-corrected chi connectivity index (χ2v) is 14.7. The Bertz CT molecular complexity index is 1250. The molecule has 2 aliphatic heterocycles. The topological polar surface area (TPSA) is 141 Å². The molecule has 2 heterocycles. The fraction of sp³-hybridized carbons (Fsp3) is 0.829. The molecule has 47 heavy (non-hydrogen) atoms. The molecule has 1 unspecified atom stereocenters. The Hall–Kier alpha value is -2.59. The van der Waals surface area contributed by atoms with E-state index in [4.69, 9.17) is 18.9 Å². The molecule has 2 saturated heterocycles. The van der Waals surface area contributed by atoms with Crippen LogP contribution in [0, 0.1) is 35.5 Å². The third-order valence-electron chi connectivity index (χ3n) is 10.6. The van der Waals surface area contributed by atoms with Crippen LogP contribution in [0.5, 0.6) is 0 Å². The number of hydrogen-bond acceptors (Lipinski definition) is 10. The Kier molecular flexibility index (Phi) is 12.3. The van der Waals surface area contributed by atoms with Crippen molar-refractivity contribution in [1.29, 1.82) is 0 Å². The van der Waals surface area contributed by atoms with E-state index in [0.29, 0.717) is 6.42 Å². The van der Waals surface area contributed by atoms with Crippen molar-refractivity contribution in [3.63, 3.8) is 0 Å². The SMILES string of the molecule is CC#CCO[C@@]1(C)C[C@@H](C)C(=O)[C@H](C)[C@H]2NC(=O)O[C@]2(C)[C@@H](CC)OC(=O)C(C)(F)C(=O)[C@H](C)[C@H]1O[C@@H]1C[C@H](C)C[C@H](N(C)C)[C@H]1O. The van der Waals surface area contributed by atoms with Gasteiger partial charge in [-0.3, -0.25) is 9.59 Å². The van der Waals surface area contributed by atoms with Crippen LogP contribution in [0.3, 0.4) is 0 Å². The van der Waals surface area contributed by atoms with Crippen molar-refractivity contribution in [2.75, 3.05) is 20.7 Å². The maximum atomic E-state index is 16.6. The van der Waals surface area contributed by atoms with Crippen LogP contribution in [0.2, 0.25) is 0 Å². The number of halogens is 1. The summed E-state index contributed by atoms with van der Waals surface area (Å²) in [6.07, 6.45) is -3.54. The number of cyclic esters (lactones) is 1. The zero-order chi connectivity index (χ0) is 35.6. The smallest absolute Gasteiger partial charge is 0.408 e. The molecule has 266 valence electrons. The van der Waals surface area contributed by atoms with Gasteiger partial charge in [0.25, 0.3) is 5.67 Å². The van der Waals surface area contributed by atoms with Gasteiger partial charge in [0, 0.05) is 23.8 Å². The number of likely N-dealkylation sites (N-methyl/N-ethyl adjacent to an activating group) is 1. The highest BCUT2D eigenvalue weighted by atomic mass is 19.1. The fourth-order valence-corrected chi connectivity index (χ4v) is 7.88. The quantitative estimate of drug-likeness (QED) is 0.245. The number of carbonyl (C=O) groups is 4. The first-order valence-electron chi connectivity index (χ1n) is 16.8. The Morgan fingerprint density at radius 2 is 1.70 bits per heavy atom. The first kappa shape index (κ1) is 38.9. The van der Waals surface area contributed by atoms with E-state index < -0.39 is 82.9 Å². The molecule has 3 fully saturated rings. The zero-order valence-electron chi connectivity index (χ0n) is 29.8. The lowest BCUT2D eigenvalue weighted by molar-refractivity contribution is -0.211. The van der Waals surface area contributed by atoms with Gasteiger partial charge in [-0.2, -0.15) is 0 Å². The molecule has 0 aromatic rings. The van der Waals surface area contributed by atoms with E-state index in [9.17, 15) is 24.3 Å². The lowest BCUT2D eigenvalue weighted by Crippen LogP contribution is -2.61. The van der Waals surface area contributed by atoms with Crippen LogP contribution < -0.4 is 5.32 Å². The van der Waals surface area contributed by atoms with Gasteiger partial charge in [-0.05, 0) is 73.4 Å². The molecule has 3 rings (SSSR count). The second kappa shape index (κ2) is 14.9. The average Bonchev–Trinajstić information content (AvgIpc) is 3.31. The first-order chi connectivity index (χ1) is 21.7. The summed E-state index contributed by atoms with van der Waals surface area (Å²) < 4.78 is 40.9. The summed E-state index contributed by atoms with van der Waals surface area (Å²) in [6, 6.07) is -1.16. The summed E-state index contributed by atoms with van der Waals surface area (Å²) in [6.45, 7) is 14.2. The molecule has 1 aliphatic carbocycles. The number of Topliss-reactive ketones (excluding diaryl/α,β-unsaturated/α-hetero) is 2. The Morgan fingerprint density at radius 1 is 1.06 bits per heavy atom. The van der Waals surface area contributed by atoms with Gasteiger partial charge < -0.3 is 34.3 Å². The molecule has 3 aliphatic rings. The number of carbonyl (C=O) groups excluding carboxylic acids is 4. The predicted molar refractivity (Wildman–Crippen MR) is 172 cm³/mol. The molecule has 0 spiro atoms. The third kappa shape index (κ3) is 7.85. The van der Waals surface area contributed by atoms with Crippen molar-refractivity contribution in [3.05, 3.63) is 0 Å². The van der Waals surface area contributed by atoms with Crippen molar-refractivity contribution < 1.29 is 47.6 Å². The largest absolute Gasteiger partial charge is 0.455 e. The number of alkyl carbamates (subject to hydrolysis) is 1. The molecular weight excluding hydrogens is 611 g/mol. The molecule has 0 radical (unpaired) electrons. The standard InChI is InChI=1S/C35H55FN2O9/c1-12-14-15-44-33(7)18-20(4)26(39)21(5)28-35(9,47-32(43)37-28)25(13-2)46-31(42)34(8,36)29(41)22(6)30(33)45-24-17-19(3)16-23(27(24)40)38(10)11/h19-25,27-28,30,40H,13,15-18H2,1-11H3,(H,37,43)/t19-,20-,21+,22+,23+,24-,25-,27-,28-,30-,33+,34?,35-/m1/s1. The highest BCUT2D eigenvalue weighted by molar-refractivity contribution is 6.07. The van der Waals surface area contributed by atoms with Gasteiger partial charge >= 0.3 is 12.1 Å². The van der Waals surface area contributed by atoms with E-state index in [-0.39, 0.29) is 37.2 Å². The molecule has 11 nitrogen and oxygen atoms in total. The van der Waals surface area contributed by atoms with Crippen molar-refractivity contribution in [2.45, 2.75) is 141 Å². The van der Waals surface area contributed by atoms with Gasteiger partial charge in [0.1, 0.15) is 18.5 Å². The van der Waals surface area contributed by atoms with E-state index in [1.165, 1.54) is 13.8 Å². The third-order valence-corrected chi connectivity index (χ3v) is 10.6. The van der Waals surface area contributed by atoms with E-state index in [0.717, 1.165) is 13.3 Å². The van der Waals surface area contributed by atoms with Crippen LogP contribution in [0.25, 0.3) is 0 Å². The maximum Gasteiger partial charge on any atom is 0.408 e. The highest BCUT2D eigenvalue weighted by Crippen LogP contribution is 2.41. The van der Waals surface area contributed by atoms with Crippen LogP contribution in [-0.2, 0) is 33.3 Å². The maximum absolute atomic E-state index is 16.6. The number of esters is 1. The van der Waals surface area contributed by atoms with Crippen LogP contribution in [0.1, 0.15) is 88.0 Å². The summed E-state index contributed by atoms with van der Waals surface area (Å²) in [5.74, 6) is 0.211. The minimum atomic E-state index is -3.12. The van der Waals surface area contributed by atoms with E-state index in [2.05, 4.69) is 17.2 Å². The van der Waals surface area contributed by atoms with Crippen LogP contribution in [0.15, 0.2) is 0 Å². The van der Waals surface area contributed by atoms with Gasteiger partial charge in [-0.25, -0.2) is 14.0 Å². The lowest BCUT2D eigenvalue weighted by Gasteiger charge is -2.47. The molecule has 1 amide bonds. The number of fused-ring (bicyclic) bond motifs is 1. The zero-order valence-corrected chi connectivity index (χ0v) is 29.8. The molecule has 0 bridgehead atoms. The summed E-state index contributed by atoms with van der Waals surface area (Å²) in [4.78, 5) is 56.3. The Morgan fingerprint density at radius 3 is 2.28 bits per heavy atom. The number of rotatable bonds is 6. The predicted octanol–water partition coefficient (Wildman–Crippen LogP) is 3.63. The number of ketones is 2. The molecular formula is C35H55FN2O9. The number of nitrogens with zero attached hydrogens (tertiary/aromatic N) is 1. The number of amides is 1. The number of aliphatic hydroxyl groups excluding tert-OH is 1. The van der Waals surface area contributed by atoms with Gasteiger partial charge in [-0.15, -0.1) is 5.92 Å². The summed E-state index contributed by atoms with van der Waals surface area (Å²) >= 11 is 0. The first-order valence-corrected chi connectivity index (χ1v) is 16.8. The normalized spacial score (nSPS) is 43.6. The average molecular weight is 667 g/mol. The fourth-order valence-electron chi connectivity index (χ4n) is 7.88. The van der Waals surface area contributed by atoms with Gasteiger partial charge in [0.2, 0.25) is 0 Å². The van der Waals surface area contributed by atoms with E-state index in [1.54, 1.807) is 34.6 Å². The molecule has 1 saturated carbocycles. The highest BCUT2D eigenvalue weighted by Gasteiger charge is 2.59. The number of aliphatic hydroxyl groups is 1. The molecule has 13 atom stereocenters. The monoisotopic (exact) mass is 666 g/mol.